The highest BCUT2D eigenvalue weighted by molar-refractivity contribution is 7.13. The summed E-state index contributed by atoms with van der Waals surface area (Å²) in [7, 11) is 0. The fourth-order valence-electron chi connectivity index (χ4n) is 2.68. The molecule has 2 aromatic heterocycles. The lowest BCUT2D eigenvalue weighted by molar-refractivity contribution is 0.0697. The number of aryl methyl sites for hydroxylation is 1. The predicted molar refractivity (Wildman–Crippen MR) is 101 cm³/mol. The molecule has 0 aliphatic carbocycles. The Morgan fingerprint density at radius 3 is 2.38 bits per heavy atom. The topological polar surface area (TPSA) is 75.1 Å². The third-order valence-electron chi connectivity index (χ3n) is 3.97. The number of thiophene rings is 1. The van der Waals surface area contributed by atoms with Gasteiger partial charge in [0, 0.05) is 16.9 Å². The molecule has 0 unspecified atom stereocenters. The fourth-order valence-corrected chi connectivity index (χ4v) is 3.34. The van der Waals surface area contributed by atoms with Crippen LogP contribution >= 0.6 is 11.3 Å². The molecule has 2 N–H and O–H groups in total. The third-order valence-corrected chi connectivity index (χ3v) is 4.84. The Bertz CT molecular complexity index is 938. The van der Waals surface area contributed by atoms with E-state index in [0.29, 0.717) is 16.5 Å². The van der Waals surface area contributed by atoms with E-state index in [1.165, 1.54) is 18.2 Å². The van der Waals surface area contributed by atoms with Crippen LogP contribution in [0.2, 0.25) is 0 Å². The van der Waals surface area contributed by atoms with Gasteiger partial charge in [0.2, 0.25) is 0 Å². The molecular weight excluding hydrogens is 353 g/mol. The highest BCUT2D eigenvalue weighted by Crippen LogP contribution is 2.29. The van der Waals surface area contributed by atoms with E-state index in [2.05, 4.69) is 15.3 Å². The Morgan fingerprint density at radius 1 is 1.12 bits per heavy atom. The van der Waals surface area contributed by atoms with Crippen molar-refractivity contribution in [3.8, 4) is 10.7 Å². The van der Waals surface area contributed by atoms with Crippen LogP contribution < -0.4 is 5.32 Å². The molecule has 2 heterocycles. The van der Waals surface area contributed by atoms with Gasteiger partial charge in [-0.2, -0.15) is 4.39 Å². The Labute approximate surface area is 154 Å². The van der Waals surface area contributed by atoms with Gasteiger partial charge in [-0.3, -0.25) is 0 Å². The lowest BCUT2D eigenvalue weighted by Crippen LogP contribution is -2.07. The van der Waals surface area contributed by atoms with Crippen LogP contribution in [0, 0.1) is 5.13 Å². The van der Waals surface area contributed by atoms with Crippen molar-refractivity contribution in [3.05, 3.63) is 58.3 Å². The number of nitrogens with one attached hydrogen (secondary N) is 1. The van der Waals surface area contributed by atoms with Crippen LogP contribution in [0.25, 0.3) is 10.7 Å². The largest absolute Gasteiger partial charge is 0.478 e. The number of nitrogens with zero attached hydrogens (tertiary/aromatic N) is 2. The molecule has 0 saturated heterocycles. The van der Waals surface area contributed by atoms with Crippen LogP contribution in [-0.4, -0.2) is 21.0 Å². The molecule has 7 heteroatoms. The van der Waals surface area contributed by atoms with Crippen molar-refractivity contribution >= 4 is 28.8 Å². The van der Waals surface area contributed by atoms with Crippen molar-refractivity contribution in [2.45, 2.75) is 26.7 Å². The highest BCUT2D eigenvalue weighted by Gasteiger charge is 2.15. The molecule has 0 saturated carbocycles. The predicted octanol–water partition coefficient (Wildman–Crippen LogP) is 4.91. The Kier molecular flexibility index (Phi) is 5.27. The van der Waals surface area contributed by atoms with Gasteiger partial charge in [-0.1, -0.05) is 13.8 Å². The number of halogens is 1. The summed E-state index contributed by atoms with van der Waals surface area (Å²) in [5.41, 5.74) is 2.86. The van der Waals surface area contributed by atoms with E-state index < -0.39 is 5.97 Å². The van der Waals surface area contributed by atoms with Gasteiger partial charge >= 0.3 is 5.97 Å². The first kappa shape index (κ1) is 18.0. The number of anilines is 2. The summed E-state index contributed by atoms with van der Waals surface area (Å²) in [5.74, 6) is 0.173. The second-order valence-electron chi connectivity index (χ2n) is 5.64. The monoisotopic (exact) mass is 371 g/mol. The van der Waals surface area contributed by atoms with Crippen LogP contribution in [0.1, 0.15) is 35.5 Å². The van der Waals surface area contributed by atoms with Crippen LogP contribution in [0.3, 0.4) is 0 Å². The van der Waals surface area contributed by atoms with Gasteiger partial charge in [0.15, 0.2) is 11.0 Å². The van der Waals surface area contributed by atoms with Crippen LogP contribution in [0.4, 0.5) is 15.9 Å². The van der Waals surface area contributed by atoms with Crippen molar-refractivity contribution in [3.63, 3.8) is 0 Å². The minimum atomic E-state index is -0.969. The van der Waals surface area contributed by atoms with Crippen LogP contribution in [0.5, 0.6) is 0 Å². The van der Waals surface area contributed by atoms with Crippen molar-refractivity contribution in [2.24, 2.45) is 0 Å². The average Bonchev–Trinajstić information content (AvgIpc) is 3.08. The molecule has 0 amide bonds. The number of rotatable bonds is 6. The van der Waals surface area contributed by atoms with Crippen molar-refractivity contribution in [1.82, 2.24) is 9.97 Å². The van der Waals surface area contributed by atoms with E-state index >= 15 is 0 Å². The molecule has 5 nitrogen and oxygen atoms in total. The molecule has 3 rings (SSSR count). The number of carbonyl (C=O) groups is 1. The third kappa shape index (κ3) is 3.72. The van der Waals surface area contributed by atoms with Gasteiger partial charge in [0.25, 0.3) is 0 Å². The first-order valence-corrected chi connectivity index (χ1v) is 9.09. The maximum atomic E-state index is 13.4. The van der Waals surface area contributed by atoms with Crippen molar-refractivity contribution in [2.75, 3.05) is 5.32 Å². The van der Waals surface area contributed by atoms with E-state index in [-0.39, 0.29) is 10.7 Å². The summed E-state index contributed by atoms with van der Waals surface area (Å²) in [6.07, 6.45) is 1.48. The molecule has 0 fully saturated rings. The van der Waals surface area contributed by atoms with Gasteiger partial charge < -0.3 is 10.4 Å². The maximum Gasteiger partial charge on any atom is 0.335 e. The summed E-state index contributed by atoms with van der Waals surface area (Å²) in [6, 6.07) is 9.54. The second kappa shape index (κ2) is 7.61. The summed E-state index contributed by atoms with van der Waals surface area (Å²) in [5, 5.41) is 12.0. The van der Waals surface area contributed by atoms with Crippen molar-refractivity contribution in [1.29, 1.82) is 0 Å². The second-order valence-corrected chi connectivity index (χ2v) is 6.67. The molecule has 1 aromatic carbocycles. The van der Waals surface area contributed by atoms with Gasteiger partial charge in [0.1, 0.15) is 5.82 Å². The summed E-state index contributed by atoms with van der Waals surface area (Å²) in [6.45, 7) is 4.05. The normalized spacial score (nSPS) is 10.7. The zero-order valence-electron chi connectivity index (χ0n) is 14.4. The molecule has 0 spiro atoms. The maximum absolute atomic E-state index is 13.4. The molecule has 134 valence electrons. The molecule has 0 bridgehead atoms. The van der Waals surface area contributed by atoms with Crippen LogP contribution in [-0.2, 0) is 12.8 Å². The first-order valence-electron chi connectivity index (χ1n) is 8.27. The number of carboxylic acids is 1. The molecular formula is C19H18FN3O2S. The Balaban J connectivity index is 2.02. The standard InChI is InChI=1S/C19H18FN3O2S/c1-3-13-14(4-2)22-18(15-9-10-16(20)26-15)23-17(13)21-12-7-5-11(6-8-12)19(24)25/h5-10H,3-4H2,1-2H3,(H,24,25)(H,21,22,23). The number of hydrogen-bond donors (Lipinski definition) is 2. The molecule has 26 heavy (non-hydrogen) atoms. The minimum absolute atomic E-state index is 0.220. The van der Waals surface area contributed by atoms with E-state index in [1.54, 1.807) is 18.2 Å². The summed E-state index contributed by atoms with van der Waals surface area (Å²) >= 11 is 1.01. The quantitative estimate of drug-likeness (QED) is 0.644. The SMILES string of the molecule is CCc1nc(-c2ccc(F)s2)nc(Nc2ccc(C(=O)O)cc2)c1CC. The highest BCUT2D eigenvalue weighted by atomic mass is 32.1. The summed E-state index contributed by atoms with van der Waals surface area (Å²) in [4.78, 5) is 20.9. The smallest absolute Gasteiger partial charge is 0.335 e. The van der Waals surface area contributed by atoms with Gasteiger partial charge in [-0.15, -0.1) is 11.3 Å². The molecule has 3 aromatic rings. The minimum Gasteiger partial charge on any atom is -0.478 e. The van der Waals surface area contributed by atoms with E-state index in [1.807, 2.05) is 13.8 Å². The van der Waals surface area contributed by atoms with Gasteiger partial charge in [-0.05, 0) is 49.2 Å². The Hall–Kier alpha value is -2.80. The molecule has 0 atom stereocenters. The molecule has 0 radical (unpaired) electrons. The number of aromatic carboxylic acids is 1. The number of aromatic nitrogens is 2. The average molecular weight is 371 g/mol. The number of carboxylic acid groups (broad SMARTS) is 1. The van der Waals surface area contributed by atoms with Crippen LogP contribution in [0.15, 0.2) is 36.4 Å². The zero-order valence-corrected chi connectivity index (χ0v) is 15.2. The molecule has 0 aliphatic heterocycles. The Morgan fingerprint density at radius 2 is 1.85 bits per heavy atom. The van der Waals surface area contributed by atoms with Crippen molar-refractivity contribution < 1.29 is 14.3 Å². The van der Waals surface area contributed by atoms with E-state index in [0.717, 1.165) is 41.1 Å². The number of benzene rings is 1. The van der Waals surface area contributed by atoms with E-state index in [4.69, 9.17) is 5.11 Å². The molecule has 0 aliphatic rings. The summed E-state index contributed by atoms with van der Waals surface area (Å²) < 4.78 is 13.4. The lowest BCUT2D eigenvalue weighted by atomic mass is 10.1. The first-order chi connectivity index (χ1) is 12.5. The zero-order chi connectivity index (χ0) is 18.7. The number of hydrogen-bond acceptors (Lipinski definition) is 5. The van der Waals surface area contributed by atoms with Gasteiger partial charge in [-0.25, -0.2) is 14.8 Å². The fraction of sp³-hybridized carbons (Fsp3) is 0.211. The lowest BCUT2D eigenvalue weighted by Gasteiger charge is -2.15. The van der Waals surface area contributed by atoms with E-state index in [9.17, 15) is 9.18 Å². The van der Waals surface area contributed by atoms with Gasteiger partial charge in [0.05, 0.1) is 10.4 Å².